The van der Waals surface area contributed by atoms with Crippen LogP contribution >= 0.6 is 0 Å². The van der Waals surface area contributed by atoms with E-state index in [0.717, 1.165) is 23.2 Å². The van der Waals surface area contributed by atoms with Crippen molar-refractivity contribution in [1.29, 1.82) is 0 Å². The molecule has 2 N–H and O–H groups in total. The van der Waals surface area contributed by atoms with Gasteiger partial charge in [0.25, 0.3) is 0 Å². The number of anilines is 1. The Hall–Kier alpha value is -2.66. The Balaban J connectivity index is 1.97. The van der Waals surface area contributed by atoms with E-state index in [2.05, 4.69) is 24.5 Å². The largest absolute Gasteiger partial charge is 0.347 e. The molecule has 5 heteroatoms. The van der Waals surface area contributed by atoms with E-state index in [1.807, 2.05) is 54.6 Å². The molecule has 5 nitrogen and oxygen atoms in total. The van der Waals surface area contributed by atoms with Gasteiger partial charge < -0.3 is 15.5 Å². The molecule has 2 aliphatic rings. The number of para-hydroxylation sites is 1. The number of rotatable bonds is 4. The predicted molar refractivity (Wildman–Crippen MR) is 115 cm³/mol. The minimum absolute atomic E-state index is 0.00154. The first-order valence-corrected chi connectivity index (χ1v) is 10.3. The number of fused-ring (bicyclic) bond motifs is 2. The lowest BCUT2D eigenvalue weighted by molar-refractivity contribution is -0.131. The van der Waals surface area contributed by atoms with Crippen LogP contribution in [-0.4, -0.2) is 42.9 Å². The number of carbonyl (C=O) groups excluding carboxylic acids is 2. The summed E-state index contributed by atoms with van der Waals surface area (Å²) in [6.07, 6.45) is 0.808. The second-order valence-electron chi connectivity index (χ2n) is 8.82. The minimum Gasteiger partial charge on any atom is -0.347 e. The summed E-state index contributed by atoms with van der Waals surface area (Å²) in [5.41, 5.74) is 2.04. The molecule has 2 amide bonds. The highest BCUT2D eigenvalue weighted by Crippen LogP contribution is 2.55. The molecule has 0 radical (unpaired) electrons. The van der Waals surface area contributed by atoms with E-state index in [4.69, 9.17) is 0 Å². The summed E-state index contributed by atoms with van der Waals surface area (Å²) in [4.78, 5) is 28.6. The number of nitrogens with zero attached hydrogens (tertiary/aromatic N) is 1. The van der Waals surface area contributed by atoms with Crippen LogP contribution in [0.25, 0.3) is 0 Å². The number of amides is 2. The summed E-state index contributed by atoms with van der Waals surface area (Å²) in [5.74, 6) is 0.0852. The Morgan fingerprint density at radius 3 is 2.38 bits per heavy atom. The molecule has 0 aromatic heterocycles. The Labute approximate surface area is 172 Å². The molecular formula is C24H29N3O2. The summed E-state index contributed by atoms with van der Waals surface area (Å²) in [6, 6.07) is 17.3. The number of likely N-dealkylation sites (N-methyl/N-ethyl adjacent to an activating group) is 1. The minimum atomic E-state index is -0.821. The standard InChI is InChI=1S/C24H29N3O2/c1-15(2)14-19-24(17-12-8-9-13-18(17)25-23(24)29)20(16-10-6-5-7-11-16)21(26-19)22(28)27(3)4/h5-13,15,19-21,26H,14H2,1-4H3,(H,25,29)/t19-,20+,21-,24+/m1/s1. The van der Waals surface area contributed by atoms with Crippen LogP contribution < -0.4 is 10.6 Å². The predicted octanol–water partition coefficient (Wildman–Crippen LogP) is 3.14. The normalized spacial score (nSPS) is 27.9. The van der Waals surface area contributed by atoms with Gasteiger partial charge in [-0.2, -0.15) is 0 Å². The fraction of sp³-hybridized carbons (Fsp3) is 0.417. The monoisotopic (exact) mass is 391 g/mol. The maximum Gasteiger partial charge on any atom is 0.239 e. The van der Waals surface area contributed by atoms with Crippen LogP contribution in [0.15, 0.2) is 54.6 Å². The van der Waals surface area contributed by atoms with Gasteiger partial charge in [-0.1, -0.05) is 62.4 Å². The first-order chi connectivity index (χ1) is 13.9. The lowest BCUT2D eigenvalue weighted by Gasteiger charge is -2.36. The smallest absolute Gasteiger partial charge is 0.239 e. The Morgan fingerprint density at radius 2 is 1.72 bits per heavy atom. The summed E-state index contributed by atoms with van der Waals surface area (Å²) in [6.45, 7) is 4.32. The molecule has 0 aliphatic carbocycles. The van der Waals surface area contributed by atoms with Crippen molar-refractivity contribution in [3.8, 4) is 0 Å². The summed E-state index contributed by atoms with van der Waals surface area (Å²) in [7, 11) is 3.55. The molecule has 2 aromatic carbocycles. The summed E-state index contributed by atoms with van der Waals surface area (Å²) < 4.78 is 0. The molecule has 152 valence electrons. The van der Waals surface area contributed by atoms with E-state index in [-0.39, 0.29) is 23.8 Å². The number of benzene rings is 2. The third-order valence-corrected chi connectivity index (χ3v) is 6.32. The highest BCUT2D eigenvalue weighted by molar-refractivity contribution is 6.09. The molecule has 2 aromatic rings. The fourth-order valence-corrected chi connectivity index (χ4v) is 5.21. The highest BCUT2D eigenvalue weighted by Gasteiger charge is 2.65. The Bertz CT molecular complexity index is 925. The molecular weight excluding hydrogens is 362 g/mol. The van der Waals surface area contributed by atoms with Gasteiger partial charge in [0.15, 0.2) is 0 Å². The zero-order chi connectivity index (χ0) is 20.8. The summed E-state index contributed by atoms with van der Waals surface area (Å²) >= 11 is 0. The number of carbonyl (C=O) groups is 2. The summed E-state index contributed by atoms with van der Waals surface area (Å²) in [5, 5.41) is 6.72. The van der Waals surface area contributed by atoms with Crippen molar-refractivity contribution in [2.24, 2.45) is 5.92 Å². The lowest BCUT2D eigenvalue weighted by Crippen LogP contribution is -2.48. The molecule has 4 rings (SSSR count). The SMILES string of the molecule is CC(C)C[C@H]1N[C@@H](C(=O)N(C)C)[C@H](c2ccccc2)[C@@]12C(=O)Nc1ccccc12. The molecule has 1 saturated heterocycles. The van der Waals surface area contributed by atoms with Crippen LogP contribution in [0.5, 0.6) is 0 Å². The van der Waals surface area contributed by atoms with Gasteiger partial charge in [0.05, 0.1) is 6.04 Å². The van der Waals surface area contributed by atoms with Crippen LogP contribution in [0, 0.1) is 5.92 Å². The second-order valence-corrected chi connectivity index (χ2v) is 8.82. The van der Waals surface area contributed by atoms with Gasteiger partial charge >= 0.3 is 0 Å². The average Bonchev–Trinajstić information content (AvgIpc) is 3.18. The molecule has 0 unspecified atom stereocenters. The van der Waals surface area contributed by atoms with Crippen LogP contribution in [-0.2, 0) is 15.0 Å². The molecule has 1 spiro atoms. The molecule has 1 fully saturated rings. The van der Waals surface area contributed by atoms with Crippen molar-refractivity contribution in [3.05, 3.63) is 65.7 Å². The third-order valence-electron chi connectivity index (χ3n) is 6.32. The number of hydrogen-bond acceptors (Lipinski definition) is 3. The molecule has 2 aliphatic heterocycles. The quantitative estimate of drug-likeness (QED) is 0.842. The van der Waals surface area contributed by atoms with E-state index in [1.54, 1.807) is 19.0 Å². The maximum atomic E-state index is 13.7. The van der Waals surface area contributed by atoms with Crippen LogP contribution in [0.4, 0.5) is 5.69 Å². The van der Waals surface area contributed by atoms with Crippen LogP contribution in [0.2, 0.25) is 0 Å². The topological polar surface area (TPSA) is 61.4 Å². The number of hydrogen-bond donors (Lipinski definition) is 2. The van der Waals surface area contributed by atoms with Crippen molar-refractivity contribution in [1.82, 2.24) is 10.2 Å². The molecule has 29 heavy (non-hydrogen) atoms. The van der Waals surface area contributed by atoms with Gasteiger partial charge in [0, 0.05) is 31.7 Å². The molecule has 0 bridgehead atoms. The molecule has 4 atom stereocenters. The third kappa shape index (κ3) is 2.96. The zero-order valence-corrected chi connectivity index (χ0v) is 17.5. The maximum absolute atomic E-state index is 13.7. The van der Waals surface area contributed by atoms with Crippen molar-refractivity contribution in [2.45, 2.75) is 43.7 Å². The van der Waals surface area contributed by atoms with E-state index < -0.39 is 11.5 Å². The van der Waals surface area contributed by atoms with E-state index in [9.17, 15) is 9.59 Å². The molecule has 2 heterocycles. The van der Waals surface area contributed by atoms with Crippen molar-refractivity contribution >= 4 is 17.5 Å². The molecule has 0 saturated carbocycles. The Kier molecular flexibility index (Phi) is 4.95. The van der Waals surface area contributed by atoms with Gasteiger partial charge in [-0.15, -0.1) is 0 Å². The fourth-order valence-electron chi connectivity index (χ4n) is 5.21. The van der Waals surface area contributed by atoms with E-state index in [1.165, 1.54) is 0 Å². The highest BCUT2D eigenvalue weighted by atomic mass is 16.2. The first kappa shape index (κ1) is 19.6. The van der Waals surface area contributed by atoms with Crippen molar-refractivity contribution < 1.29 is 9.59 Å². The Morgan fingerprint density at radius 1 is 1.07 bits per heavy atom. The van der Waals surface area contributed by atoms with Gasteiger partial charge in [-0.3, -0.25) is 9.59 Å². The average molecular weight is 392 g/mol. The van der Waals surface area contributed by atoms with Gasteiger partial charge in [-0.25, -0.2) is 0 Å². The van der Waals surface area contributed by atoms with Gasteiger partial charge in [0.1, 0.15) is 5.41 Å². The van der Waals surface area contributed by atoms with E-state index >= 15 is 0 Å². The van der Waals surface area contributed by atoms with Crippen LogP contribution in [0.1, 0.15) is 37.3 Å². The van der Waals surface area contributed by atoms with E-state index in [0.29, 0.717) is 5.92 Å². The van der Waals surface area contributed by atoms with Crippen LogP contribution in [0.3, 0.4) is 0 Å². The van der Waals surface area contributed by atoms with Gasteiger partial charge in [0.2, 0.25) is 11.8 Å². The van der Waals surface area contributed by atoms with Crippen molar-refractivity contribution in [3.63, 3.8) is 0 Å². The second kappa shape index (κ2) is 7.30. The lowest BCUT2D eigenvalue weighted by atomic mass is 9.63. The zero-order valence-electron chi connectivity index (χ0n) is 17.5. The number of nitrogens with one attached hydrogen (secondary N) is 2. The van der Waals surface area contributed by atoms with Crippen molar-refractivity contribution in [2.75, 3.05) is 19.4 Å². The first-order valence-electron chi connectivity index (χ1n) is 10.3. The van der Waals surface area contributed by atoms with Gasteiger partial charge in [-0.05, 0) is 29.5 Å².